The highest BCUT2D eigenvalue weighted by molar-refractivity contribution is 6.25. The molecule has 2 unspecified atom stereocenters. The molecule has 10 aromatic carbocycles. The van der Waals surface area contributed by atoms with Crippen LogP contribution in [0.15, 0.2) is 253 Å². The SMILES string of the molecule is C1=CCC2C(=C1)C1=C3C(CC=C1)c1cc(N(c4ccc(-c5ccc(-n6c7ccccc7c7ccccc76)cc5)cc4)c4ccc(-c5ccc6c7ccccc7c7ccccc7c6c5)cc4)ccc1N32. The summed E-state index contributed by atoms with van der Waals surface area (Å²) in [6.45, 7) is 0. The normalized spacial score (nSPS) is 16.8. The smallest absolute Gasteiger partial charge is 0.0630 e. The Balaban J connectivity index is 0.816. The van der Waals surface area contributed by atoms with Crippen LogP contribution in [0.5, 0.6) is 0 Å². The van der Waals surface area contributed by atoms with Crippen molar-refractivity contribution < 1.29 is 0 Å². The zero-order chi connectivity index (χ0) is 45.2. The molecule has 0 radical (unpaired) electrons. The van der Waals surface area contributed by atoms with Gasteiger partial charge in [-0.25, -0.2) is 0 Å². The molecular formula is C66H45N3. The van der Waals surface area contributed by atoms with E-state index in [2.05, 4.69) is 251 Å². The van der Waals surface area contributed by atoms with Crippen molar-refractivity contribution in [3.63, 3.8) is 0 Å². The van der Waals surface area contributed by atoms with Crippen molar-refractivity contribution in [2.75, 3.05) is 9.80 Å². The summed E-state index contributed by atoms with van der Waals surface area (Å²) in [6.07, 6.45) is 13.7. The molecule has 0 fully saturated rings. The number of allylic oxidation sites excluding steroid dienone is 5. The standard InChI is InChI=1S/C66H45N3/c1-2-14-52-50(12-1)51-13-3-4-15-53(51)60-40-45(30-38-54(52)60)44-28-33-47(34-29-44)67(49-37-39-65-61(41-49)59-20-11-19-58-57-18-7-10-23-64(57)69(65)66(58)59)46-31-24-42(25-32-46)43-26-35-48(36-27-43)68-62-21-8-5-16-55(62)56-17-6-9-22-63(56)68/h1-19,21-22,24-41,59,64H,20,23H2. The van der Waals surface area contributed by atoms with Gasteiger partial charge in [0.25, 0.3) is 0 Å². The summed E-state index contributed by atoms with van der Waals surface area (Å²) in [6, 6.07) is 77.1. The molecule has 3 heteroatoms. The van der Waals surface area contributed by atoms with Crippen LogP contribution >= 0.6 is 0 Å². The van der Waals surface area contributed by atoms with Crippen LogP contribution in [-0.4, -0.2) is 10.6 Å². The zero-order valence-corrected chi connectivity index (χ0v) is 37.9. The van der Waals surface area contributed by atoms with Gasteiger partial charge in [-0.15, -0.1) is 0 Å². The third-order valence-corrected chi connectivity index (χ3v) is 15.5. The predicted molar refractivity (Wildman–Crippen MR) is 290 cm³/mol. The molecule has 3 nitrogen and oxygen atoms in total. The Kier molecular flexibility index (Phi) is 8.31. The van der Waals surface area contributed by atoms with Gasteiger partial charge in [-0.1, -0.05) is 164 Å². The molecule has 0 bridgehead atoms. The van der Waals surface area contributed by atoms with Crippen molar-refractivity contribution >= 4 is 76.9 Å². The Bertz CT molecular complexity index is 3980. The molecule has 2 aliphatic heterocycles. The first-order chi connectivity index (χ1) is 34.2. The van der Waals surface area contributed by atoms with Crippen LogP contribution in [0.4, 0.5) is 22.7 Å². The van der Waals surface area contributed by atoms with Gasteiger partial charge >= 0.3 is 0 Å². The fourth-order valence-corrected chi connectivity index (χ4v) is 12.4. The average molecular weight is 880 g/mol. The maximum Gasteiger partial charge on any atom is 0.0630 e. The maximum absolute atomic E-state index is 2.66. The molecular weight excluding hydrogens is 835 g/mol. The van der Waals surface area contributed by atoms with Crippen LogP contribution < -0.4 is 9.80 Å². The maximum atomic E-state index is 2.66. The number of para-hydroxylation sites is 2. The van der Waals surface area contributed by atoms with Crippen LogP contribution in [0.2, 0.25) is 0 Å². The van der Waals surface area contributed by atoms with Gasteiger partial charge in [0.15, 0.2) is 0 Å². The van der Waals surface area contributed by atoms with Gasteiger partial charge in [0.2, 0.25) is 0 Å². The molecule has 0 saturated carbocycles. The minimum absolute atomic E-state index is 0.352. The van der Waals surface area contributed by atoms with Crippen molar-refractivity contribution in [2.24, 2.45) is 0 Å². The van der Waals surface area contributed by atoms with Crippen molar-refractivity contribution in [3.05, 3.63) is 259 Å². The molecule has 11 aromatic rings. The van der Waals surface area contributed by atoms with Gasteiger partial charge in [0.05, 0.1) is 17.1 Å². The molecule has 1 aromatic heterocycles. The summed E-state index contributed by atoms with van der Waals surface area (Å²) in [7, 11) is 0. The van der Waals surface area contributed by atoms with E-state index in [0.717, 1.165) is 29.9 Å². The van der Waals surface area contributed by atoms with E-state index < -0.39 is 0 Å². The van der Waals surface area contributed by atoms with Gasteiger partial charge < -0.3 is 14.4 Å². The van der Waals surface area contributed by atoms with Crippen LogP contribution in [-0.2, 0) is 0 Å². The van der Waals surface area contributed by atoms with Crippen molar-refractivity contribution in [1.29, 1.82) is 0 Å². The lowest BCUT2D eigenvalue weighted by atomic mass is 9.85. The Morgan fingerprint density at radius 3 is 1.58 bits per heavy atom. The van der Waals surface area contributed by atoms with Crippen molar-refractivity contribution in [1.82, 2.24) is 4.57 Å². The van der Waals surface area contributed by atoms with E-state index in [-0.39, 0.29) is 0 Å². The fourth-order valence-electron chi connectivity index (χ4n) is 12.4. The lowest BCUT2D eigenvalue weighted by Crippen LogP contribution is -2.29. The third kappa shape index (κ3) is 5.74. The molecule has 0 spiro atoms. The topological polar surface area (TPSA) is 11.4 Å². The first-order valence-corrected chi connectivity index (χ1v) is 24.4. The molecule has 4 aliphatic rings. The molecule has 2 aliphatic carbocycles. The van der Waals surface area contributed by atoms with Gasteiger partial charge in [-0.3, -0.25) is 0 Å². The van der Waals surface area contributed by atoms with E-state index in [0.29, 0.717) is 12.0 Å². The Morgan fingerprint density at radius 2 is 0.942 bits per heavy atom. The third-order valence-electron chi connectivity index (χ3n) is 15.5. The number of anilines is 4. The summed E-state index contributed by atoms with van der Waals surface area (Å²) in [4.78, 5) is 5.11. The lowest BCUT2D eigenvalue weighted by molar-refractivity contribution is 0.742. The first-order valence-electron chi connectivity index (χ1n) is 24.4. The molecule has 0 N–H and O–H groups in total. The number of nitrogens with zero attached hydrogens (tertiary/aromatic N) is 3. The highest BCUT2D eigenvalue weighted by Crippen LogP contribution is 2.57. The molecule has 324 valence electrons. The molecule has 0 amide bonds. The number of fused-ring (bicyclic) bond motifs is 15. The quantitative estimate of drug-likeness (QED) is 0.154. The molecule has 15 rings (SSSR count). The number of rotatable bonds is 6. The van der Waals surface area contributed by atoms with Gasteiger partial charge in [0.1, 0.15) is 0 Å². The van der Waals surface area contributed by atoms with Crippen molar-refractivity contribution in [2.45, 2.75) is 24.8 Å². The average Bonchev–Trinajstić information content (AvgIpc) is 4.07. The van der Waals surface area contributed by atoms with E-state index in [1.807, 2.05) is 0 Å². The highest BCUT2D eigenvalue weighted by atomic mass is 15.2. The van der Waals surface area contributed by atoms with E-state index in [9.17, 15) is 0 Å². The molecule has 2 atom stereocenters. The van der Waals surface area contributed by atoms with E-state index >= 15 is 0 Å². The van der Waals surface area contributed by atoms with Gasteiger partial charge in [0, 0.05) is 50.8 Å². The lowest BCUT2D eigenvalue weighted by Gasteiger charge is -2.29. The van der Waals surface area contributed by atoms with E-state index in [4.69, 9.17) is 0 Å². The van der Waals surface area contributed by atoms with Crippen LogP contribution in [0.25, 0.3) is 82.1 Å². The molecule has 69 heavy (non-hydrogen) atoms. The summed E-state index contributed by atoms with van der Waals surface area (Å²) >= 11 is 0. The second-order valence-corrected chi connectivity index (χ2v) is 19.1. The number of hydrogen-bond acceptors (Lipinski definition) is 2. The minimum Gasteiger partial charge on any atom is -0.336 e. The van der Waals surface area contributed by atoms with E-state index in [1.165, 1.54) is 110 Å². The highest BCUT2D eigenvalue weighted by Gasteiger charge is 2.46. The fraction of sp³-hybridized carbons (Fsp3) is 0.0606. The van der Waals surface area contributed by atoms with E-state index in [1.54, 1.807) is 0 Å². The Hall–Kier alpha value is -8.66. The number of aromatic nitrogens is 1. The zero-order valence-electron chi connectivity index (χ0n) is 37.9. The van der Waals surface area contributed by atoms with Gasteiger partial charge in [-0.2, -0.15) is 0 Å². The summed E-state index contributed by atoms with van der Waals surface area (Å²) in [5, 5.41) is 10.3. The summed E-state index contributed by atoms with van der Waals surface area (Å²) in [5.41, 5.74) is 19.0. The Labute approximate surface area is 401 Å². The Morgan fingerprint density at radius 1 is 0.420 bits per heavy atom. The number of benzene rings is 10. The van der Waals surface area contributed by atoms with Crippen LogP contribution in [0.3, 0.4) is 0 Å². The van der Waals surface area contributed by atoms with Crippen LogP contribution in [0, 0.1) is 0 Å². The number of hydrogen-bond donors (Lipinski definition) is 0. The summed E-state index contributed by atoms with van der Waals surface area (Å²) < 4.78 is 2.38. The second-order valence-electron chi connectivity index (χ2n) is 19.1. The predicted octanol–water partition coefficient (Wildman–Crippen LogP) is 17.4. The monoisotopic (exact) mass is 879 g/mol. The molecule has 3 heterocycles. The largest absolute Gasteiger partial charge is 0.336 e. The molecule has 0 saturated heterocycles. The summed E-state index contributed by atoms with van der Waals surface area (Å²) in [5.74, 6) is 0.352. The van der Waals surface area contributed by atoms with Crippen molar-refractivity contribution in [3.8, 4) is 27.9 Å². The first kappa shape index (κ1) is 38.4. The van der Waals surface area contributed by atoms with Gasteiger partial charge in [-0.05, 0) is 157 Å². The second kappa shape index (κ2) is 14.9. The van der Waals surface area contributed by atoms with Crippen LogP contribution in [0.1, 0.15) is 24.3 Å². The minimum atomic E-state index is 0.352.